The highest BCUT2D eigenvalue weighted by atomic mass is 35.5. The van der Waals surface area contributed by atoms with E-state index >= 15 is 0 Å². The van der Waals surface area contributed by atoms with E-state index in [1.165, 1.54) is 7.11 Å². The van der Waals surface area contributed by atoms with Crippen LogP contribution in [0.2, 0.25) is 5.02 Å². The maximum absolute atomic E-state index is 13.8. The Morgan fingerprint density at radius 1 is 1.15 bits per heavy atom. The van der Waals surface area contributed by atoms with E-state index in [9.17, 15) is 14.4 Å². The number of nitrogens with one attached hydrogen (secondary N) is 1. The lowest BCUT2D eigenvalue weighted by atomic mass is 9.82. The van der Waals surface area contributed by atoms with Gasteiger partial charge < -0.3 is 15.8 Å². The highest BCUT2D eigenvalue weighted by Crippen LogP contribution is 2.42. The van der Waals surface area contributed by atoms with Crippen molar-refractivity contribution in [1.29, 1.82) is 0 Å². The third-order valence-electron chi connectivity index (χ3n) is 8.09. The molecule has 0 saturated heterocycles. The van der Waals surface area contributed by atoms with Gasteiger partial charge in [0.1, 0.15) is 0 Å². The Balaban J connectivity index is 1.41. The highest BCUT2D eigenvalue weighted by molar-refractivity contribution is 6.31. The number of guanidine groups is 1. The first-order valence-electron chi connectivity index (χ1n) is 14.5. The van der Waals surface area contributed by atoms with E-state index in [2.05, 4.69) is 19.2 Å². The van der Waals surface area contributed by atoms with Gasteiger partial charge in [0.15, 0.2) is 17.3 Å². The smallest absolute Gasteiger partial charge is 0.407 e. The van der Waals surface area contributed by atoms with Gasteiger partial charge in [-0.2, -0.15) is 0 Å². The SMILES string of the molecule is COC(=O)N[C@@H](Cc1ccccc1Cl)C(=O)C[C@H](CCCN1C(=O)[C@@](CC(C)C)(c2ccccc2)N=C1N)C1CC1. The molecule has 1 heterocycles. The second kappa shape index (κ2) is 13.5. The molecule has 2 aromatic carbocycles. The van der Waals surface area contributed by atoms with Crippen molar-refractivity contribution in [3.8, 4) is 0 Å². The van der Waals surface area contributed by atoms with Crippen LogP contribution in [-0.4, -0.2) is 48.3 Å². The molecule has 8 nitrogen and oxygen atoms in total. The Labute approximate surface area is 247 Å². The molecule has 0 spiro atoms. The number of ether oxygens (including phenoxy) is 1. The molecule has 9 heteroatoms. The van der Waals surface area contributed by atoms with E-state index in [4.69, 9.17) is 27.1 Å². The van der Waals surface area contributed by atoms with E-state index in [0.717, 1.165) is 30.4 Å². The van der Waals surface area contributed by atoms with Crippen LogP contribution < -0.4 is 11.1 Å². The molecular formula is C32H41ClN4O4. The number of rotatable bonds is 14. The number of benzene rings is 2. The number of nitrogens with two attached hydrogens (primary N) is 1. The lowest BCUT2D eigenvalue weighted by Crippen LogP contribution is -2.44. The van der Waals surface area contributed by atoms with Crippen molar-refractivity contribution < 1.29 is 19.1 Å². The maximum atomic E-state index is 13.8. The average molecular weight is 581 g/mol. The van der Waals surface area contributed by atoms with Gasteiger partial charge in [-0.05, 0) is 67.1 Å². The lowest BCUT2D eigenvalue weighted by Gasteiger charge is -2.28. The van der Waals surface area contributed by atoms with Crippen LogP contribution in [0.25, 0.3) is 0 Å². The minimum absolute atomic E-state index is 0.0504. The number of halogens is 1. The number of ketones is 1. The number of hydrogen-bond acceptors (Lipinski definition) is 6. The van der Waals surface area contributed by atoms with E-state index < -0.39 is 17.7 Å². The van der Waals surface area contributed by atoms with E-state index in [1.54, 1.807) is 11.0 Å². The van der Waals surface area contributed by atoms with Crippen LogP contribution in [0.1, 0.15) is 63.5 Å². The van der Waals surface area contributed by atoms with Crippen LogP contribution in [0.4, 0.5) is 4.79 Å². The molecule has 4 rings (SSSR count). The number of aliphatic imine (C=N–C) groups is 1. The minimum Gasteiger partial charge on any atom is -0.453 e. The number of carbonyl (C=O) groups excluding carboxylic acids is 3. The number of carbonyl (C=O) groups is 3. The molecule has 1 fully saturated rings. The number of amides is 2. The van der Waals surface area contributed by atoms with Crippen molar-refractivity contribution in [3.63, 3.8) is 0 Å². The van der Waals surface area contributed by atoms with Gasteiger partial charge in [-0.3, -0.25) is 14.5 Å². The summed E-state index contributed by atoms with van der Waals surface area (Å²) in [5, 5.41) is 3.26. The molecule has 41 heavy (non-hydrogen) atoms. The van der Waals surface area contributed by atoms with E-state index in [0.29, 0.717) is 36.7 Å². The molecular weight excluding hydrogens is 540 g/mol. The summed E-state index contributed by atoms with van der Waals surface area (Å²) in [4.78, 5) is 45.7. The second-order valence-corrected chi connectivity index (χ2v) is 12.1. The van der Waals surface area contributed by atoms with Gasteiger partial charge in [-0.1, -0.05) is 74.0 Å². The van der Waals surface area contributed by atoms with Crippen molar-refractivity contribution in [1.82, 2.24) is 10.2 Å². The summed E-state index contributed by atoms with van der Waals surface area (Å²) in [7, 11) is 1.28. The van der Waals surface area contributed by atoms with Gasteiger partial charge >= 0.3 is 6.09 Å². The lowest BCUT2D eigenvalue weighted by molar-refractivity contribution is -0.132. The summed E-state index contributed by atoms with van der Waals surface area (Å²) in [6, 6.07) is 16.2. The van der Waals surface area contributed by atoms with E-state index in [-0.39, 0.29) is 35.9 Å². The molecule has 3 atom stereocenters. The van der Waals surface area contributed by atoms with Gasteiger partial charge in [0.05, 0.1) is 13.2 Å². The number of hydrogen-bond donors (Lipinski definition) is 2. The Hall–Kier alpha value is -3.39. The first-order valence-corrected chi connectivity index (χ1v) is 14.9. The largest absolute Gasteiger partial charge is 0.453 e. The second-order valence-electron chi connectivity index (χ2n) is 11.6. The van der Waals surface area contributed by atoms with Gasteiger partial charge in [-0.25, -0.2) is 9.79 Å². The van der Waals surface area contributed by atoms with Crippen LogP contribution in [0, 0.1) is 17.8 Å². The predicted molar refractivity (Wildman–Crippen MR) is 160 cm³/mol. The molecule has 0 bridgehead atoms. The molecule has 1 aliphatic heterocycles. The van der Waals surface area contributed by atoms with Gasteiger partial charge in [-0.15, -0.1) is 0 Å². The molecule has 3 N–H and O–H groups in total. The maximum Gasteiger partial charge on any atom is 0.407 e. The fraction of sp³-hybridized carbons (Fsp3) is 0.500. The quantitative estimate of drug-likeness (QED) is 0.307. The van der Waals surface area contributed by atoms with Crippen LogP contribution >= 0.6 is 11.6 Å². The summed E-state index contributed by atoms with van der Waals surface area (Å²) in [5.41, 5.74) is 6.99. The Kier molecular flexibility index (Phi) is 10.1. The van der Waals surface area contributed by atoms with Crippen LogP contribution in [-0.2, 0) is 26.3 Å². The zero-order chi connectivity index (χ0) is 29.6. The molecule has 1 saturated carbocycles. The summed E-state index contributed by atoms with van der Waals surface area (Å²) in [5.74, 6) is 0.976. The molecule has 2 amide bonds. The molecule has 2 aromatic rings. The predicted octanol–water partition coefficient (Wildman–Crippen LogP) is 5.47. The van der Waals surface area contributed by atoms with Crippen molar-refractivity contribution in [2.75, 3.05) is 13.7 Å². The van der Waals surface area contributed by atoms with E-state index in [1.807, 2.05) is 48.5 Å². The summed E-state index contributed by atoms with van der Waals surface area (Å²) < 4.78 is 4.78. The van der Waals surface area contributed by atoms with Crippen molar-refractivity contribution in [3.05, 3.63) is 70.7 Å². The molecule has 0 aromatic heterocycles. The summed E-state index contributed by atoms with van der Waals surface area (Å²) in [6.45, 7) is 4.61. The summed E-state index contributed by atoms with van der Waals surface area (Å²) in [6.07, 6.45) is 4.18. The molecule has 220 valence electrons. The van der Waals surface area contributed by atoms with Crippen LogP contribution in [0.5, 0.6) is 0 Å². The van der Waals surface area contributed by atoms with Gasteiger partial charge in [0.25, 0.3) is 5.91 Å². The van der Waals surface area contributed by atoms with Crippen LogP contribution in [0.3, 0.4) is 0 Å². The fourth-order valence-electron chi connectivity index (χ4n) is 5.91. The molecule has 2 aliphatic rings. The standard InChI is InChI=1S/C32H41ClN4O4/c1-21(2)20-32(25-12-5-4-6-13-25)29(39)37(30(34)36-32)17-9-11-23(22-15-16-22)19-28(38)27(35-31(40)41-3)18-24-10-7-8-14-26(24)33/h4-8,10,12-14,21-23,27H,9,11,15-20H2,1-3H3,(H2,34,36)(H,35,40)/t23-,27-,32+/m0/s1. The normalized spacial score (nSPS) is 20.1. The number of methoxy groups -OCH3 is 1. The number of Topliss-reactive ketones (excluding diaryl/α,β-unsaturated/α-hetero) is 1. The van der Waals surface area contributed by atoms with Gasteiger partial charge in [0.2, 0.25) is 0 Å². The Morgan fingerprint density at radius 3 is 2.46 bits per heavy atom. The third-order valence-corrected chi connectivity index (χ3v) is 8.46. The minimum atomic E-state index is -1.00. The molecule has 0 unspecified atom stereocenters. The van der Waals surface area contributed by atoms with Gasteiger partial charge in [0, 0.05) is 24.4 Å². The number of nitrogens with zero attached hydrogens (tertiary/aromatic N) is 2. The Bertz CT molecular complexity index is 1260. The number of alkyl carbamates (subject to hydrolysis) is 1. The topological polar surface area (TPSA) is 114 Å². The first-order chi connectivity index (χ1) is 19.6. The fourth-order valence-corrected chi connectivity index (χ4v) is 6.12. The third kappa shape index (κ3) is 7.47. The zero-order valence-corrected chi connectivity index (χ0v) is 24.9. The molecule has 0 radical (unpaired) electrons. The highest BCUT2D eigenvalue weighted by Gasteiger charge is 2.49. The van der Waals surface area contributed by atoms with Crippen molar-refractivity contribution in [2.24, 2.45) is 28.5 Å². The summed E-state index contributed by atoms with van der Waals surface area (Å²) >= 11 is 6.34. The zero-order valence-electron chi connectivity index (χ0n) is 24.1. The van der Waals surface area contributed by atoms with Crippen molar-refractivity contribution in [2.45, 2.75) is 70.4 Å². The monoisotopic (exact) mass is 580 g/mol. The Morgan fingerprint density at radius 2 is 1.83 bits per heavy atom. The van der Waals surface area contributed by atoms with Crippen molar-refractivity contribution >= 4 is 35.3 Å². The first kappa shape index (κ1) is 30.6. The average Bonchev–Trinajstić information content (AvgIpc) is 3.77. The van der Waals surface area contributed by atoms with Crippen LogP contribution in [0.15, 0.2) is 59.6 Å². The molecule has 1 aliphatic carbocycles.